The summed E-state index contributed by atoms with van der Waals surface area (Å²) in [6.07, 6.45) is 2.94. The summed E-state index contributed by atoms with van der Waals surface area (Å²) >= 11 is 0. The third kappa shape index (κ3) is 6.07. The minimum atomic E-state index is -0.258. The monoisotopic (exact) mass is 338 g/mol. The second-order valence-electron chi connectivity index (χ2n) is 6.12. The lowest BCUT2D eigenvalue weighted by molar-refractivity contribution is -0.123. The molecule has 0 saturated carbocycles. The molecule has 0 radical (unpaired) electrons. The summed E-state index contributed by atoms with van der Waals surface area (Å²) in [5.74, 6) is 0.472. The Morgan fingerprint density at radius 1 is 1.12 bits per heavy atom. The van der Waals surface area contributed by atoms with Gasteiger partial charge in [0.15, 0.2) is 6.61 Å². The number of carbonyl (C=O) groups is 1. The first-order valence-corrected chi connectivity index (χ1v) is 8.71. The molecule has 4 nitrogen and oxygen atoms in total. The molecule has 0 saturated heterocycles. The first-order valence-electron chi connectivity index (χ1n) is 8.71. The SMILES string of the molecule is CCCC/C(=N\NC(=O)COc1cc(C)ccc1C)c1ccccc1. The lowest BCUT2D eigenvalue weighted by Gasteiger charge is -2.10. The fourth-order valence-electron chi connectivity index (χ4n) is 2.41. The molecule has 25 heavy (non-hydrogen) atoms. The lowest BCUT2D eigenvalue weighted by atomic mass is 10.1. The topological polar surface area (TPSA) is 50.7 Å². The third-order valence-corrected chi connectivity index (χ3v) is 3.89. The molecular formula is C21H26N2O2. The Hall–Kier alpha value is -2.62. The van der Waals surface area contributed by atoms with E-state index < -0.39 is 0 Å². The van der Waals surface area contributed by atoms with E-state index in [9.17, 15) is 4.79 Å². The molecule has 1 N–H and O–H groups in total. The maximum absolute atomic E-state index is 12.1. The number of rotatable bonds is 8. The summed E-state index contributed by atoms with van der Waals surface area (Å²) in [7, 11) is 0. The van der Waals surface area contributed by atoms with Crippen LogP contribution in [0.4, 0.5) is 0 Å². The molecule has 2 aromatic rings. The first kappa shape index (κ1) is 18.7. The molecule has 0 aromatic heterocycles. The number of ether oxygens (including phenoxy) is 1. The zero-order chi connectivity index (χ0) is 18.1. The molecule has 0 aliphatic heterocycles. The predicted molar refractivity (Wildman–Crippen MR) is 102 cm³/mol. The van der Waals surface area contributed by atoms with Crippen LogP contribution in [-0.2, 0) is 4.79 Å². The van der Waals surface area contributed by atoms with Crippen LogP contribution in [0.2, 0.25) is 0 Å². The molecule has 0 heterocycles. The van der Waals surface area contributed by atoms with Gasteiger partial charge in [0.1, 0.15) is 5.75 Å². The quantitative estimate of drug-likeness (QED) is 0.573. The highest BCUT2D eigenvalue weighted by Gasteiger charge is 2.07. The van der Waals surface area contributed by atoms with Crippen LogP contribution >= 0.6 is 0 Å². The molecule has 1 amide bonds. The standard InChI is InChI=1S/C21H26N2O2/c1-4-5-11-19(18-9-7-6-8-10-18)22-23-21(24)15-25-20-14-16(2)12-13-17(20)3/h6-10,12-14H,4-5,11,15H2,1-3H3,(H,23,24)/b22-19+. The number of hydrogen-bond acceptors (Lipinski definition) is 3. The molecule has 0 aliphatic carbocycles. The summed E-state index contributed by atoms with van der Waals surface area (Å²) in [6, 6.07) is 15.9. The number of benzene rings is 2. The summed E-state index contributed by atoms with van der Waals surface area (Å²) in [6.45, 7) is 6.04. The number of unbranched alkanes of at least 4 members (excludes halogenated alkanes) is 1. The van der Waals surface area contributed by atoms with Gasteiger partial charge in [-0.1, -0.05) is 55.8 Å². The van der Waals surface area contributed by atoms with E-state index >= 15 is 0 Å². The van der Waals surface area contributed by atoms with Crippen molar-refractivity contribution in [2.24, 2.45) is 5.10 Å². The van der Waals surface area contributed by atoms with Gasteiger partial charge in [0.2, 0.25) is 0 Å². The van der Waals surface area contributed by atoms with Gasteiger partial charge >= 0.3 is 0 Å². The second-order valence-corrected chi connectivity index (χ2v) is 6.12. The van der Waals surface area contributed by atoms with Crippen LogP contribution in [0.15, 0.2) is 53.6 Å². The van der Waals surface area contributed by atoms with E-state index in [-0.39, 0.29) is 12.5 Å². The van der Waals surface area contributed by atoms with E-state index in [1.807, 2.05) is 62.4 Å². The van der Waals surface area contributed by atoms with E-state index in [0.717, 1.165) is 47.4 Å². The number of hydrogen-bond donors (Lipinski definition) is 1. The summed E-state index contributed by atoms with van der Waals surface area (Å²) < 4.78 is 5.62. The Morgan fingerprint density at radius 2 is 1.88 bits per heavy atom. The Morgan fingerprint density at radius 3 is 2.60 bits per heavy atom. The maximum Gasteiger partial charge on any atom is 0.277 e. The third-order valence-electron chi connectivity index (χ3n) is 3.89. The highest BCUT2D eigenvalue weighted by molar-refractivity contribution is 6.01. The highest BCUT2D eigenvalue weighted by atomic mass is 16.5. The molecule has 2 rings (SSSR count). The molecule has 0 spiro atoms. The van der Waals surface area contributed by atoms with E-state index in [1.54, 1.807) is 0 Å². The number of hydrazone groups is 1. The second kappa shape index (κ2) is 9.62. The Bertz CT molecular complexity index is 724. The minimum absolute atomic E-state index is 0.0519. The van der Waals surface area contributed by atoms with Gasteiger partial charge in [-0.05, 0) is 49.4 Å². The van der Waals surface area contributed by atoms with Crippen molar-refractivity contribution in [2.45, 2.75) is 40.0 Å². The molecule has 0 fully saturated rings. The van der Waals surface area contributed by atoms with Crippen molar-refractivity contribution in [3.8, 4) is 5.75 Å². The van der Waals surface area contributed by atoms with Crippen molar-refractivity contribution < 1.29 is 9.53 Å². The van der Waals surface area contributed by atoms with Crippen molar-refractivity contribution in [1.82, 2.24) is 5.43 Å². The van der Waals surface area contributed by atoms with Crippen LogP contribution in [0.5, 0.6) is 5.75 Å². The van der Waals surface area contributed by atoms with Crippen LogP contribution < -0.4 is 10.2 Å². The van der Waals surface area contributed by atoms with Gasteiger partial charge in [-0.2, -0.15) is 5.10 Å². The molecule has 0 unspecified atom stereocenters. The Balaban J connectivity index is 1.97. The van der Waals surface area contributed by atoms with Crippen molar-refractivity contribution in [1.29, 1.82) is 0 Å². The smallest absolute Gasteiger partial charge is 0.277 e. The van der Waals surface area contributed by atoms with Crippen LogP contribution in [0.1, 0.15) is 42.9 Å². The number of nitrogens with zero attached hydrogens (tertiary/aromatic N) is 1. The van der Waals surface area contributed by atoms with Crippen LogP contribution in [-0.4, -0.2) is 18.2 Å². The van der Waals surface area contributed by atoms with Gasteiger partial charge in [-0.25, -0.2) is 5.43 Å². The Labute approximate surface area is 149 Å². The molecule has 2 aromatic carbocycles. The van der Waals surface area contributed by atoms with Gasteiger partial charge < -0.3 is 4.74 Å². The number of nitrogens with one attached hydrogen (secondary N) is 1. The first-order chi connectivity index (χ1) is 12.1. The van der Waals surface area contributed by atoms with Crippen LogP contribution in [0, 0.1) is 13.8 Å². The van der Waals surface area contributed by atoms with E-state index in [0.29, 0.717) is 0 Å². The van der Waals surface area contributed by atoms with Gasteiger partial charge in [0.25, 0.3) is 5.91 Å². The molecule has 0 aliphatic rings. The van der Waals surface area contributed by atoms with Gasteiger partial charge in [-0.15, -0.1) is 0 Å². The zero-order valence-corrected chi connectivity index (χ0v) is 15.2. The van der Waals surface area contributed by atoms with Crippen LogP contribution in [0.3, 0.4) is 0 Å². The zero-order valence-electron chi connectivity index (χ0n) is 15.2. The normalized spacial score (nSPS) is 11.2. The van der Waals surface area contributed by atoms with Crippen molar-refractivity contribution >= 4 is 11.6 Å². The fraction of sp³-hybridized carbons (Fsp3) is 0.333. The van der Waals surface area contributed by atoms with Crippen molar-refractivity contribution in [3.63, 3.8) is 0 Å². The molecule has 0 bridgehead atoms. The van der Waals surface area contributed by atoms with E-state index in [1.165, 1.54) is 0 Å². The van der Waals surface area contributed by atoms with Crippen molar-refractivity contribution in [3.05, 3.63) is 65.2 Å². The molecule has 0 atom stereocenters. The number of amides is 1. The van der Waals surface area contributed by atoms with Crippen LogP contribution in [0.25, 0.3) is 0 Å². The van der Waals surface area contributed by atoms with Crippen molar-refractivity contribution in [2.75, 3.05) is 6.61 Å². The largest absolute Gasteiger partial charge is 0.483 e. The van der Waals surface area contributed by atoms with Gasteiger partial charge in [0, 0.05) is 0 Å². The van der Waals surface area contributed by atoms with E-state index in [2.05, 4.69) is 17.5 Å². The summed E-state index contributed by atoms with van der Waals surface area (Å²) in [5, 5.41) is 4.32. The average molecular weight is 338 g/mol. The summed E-state index contributed by atoms with van der Waals surface area (Å²) in [4.78, 5) is 12.1. The van der Waals surface area contributed by atoms with E-state index in [4.69, 9.17) is 4.74 Å². The molecular weight excluding hydrogens is 312 g/mol. The predicted octanol–water partition coefficient (Wildman–Crippen LogP) is 4.39. The number of carbonyl (C=O) groups excluding carboxylic acids is 1. The molecule has 4 heteroatoms. The number of aryl methyl sites for hydroxylation is 2. The lowest BCUT2D eigenvalue weighted by Crippen LogP contribution is -2.26. The highest BCUT2D eigenvalue weighted by Crippen LogP contribution is 2.18. The Kier molecular flexibility index (Phi) is 7.20. The maximum atomic E-state index is 12.1. The van der Waals surface area contributed by atoms with Gasteiger partial charge in [0.05, 0.1) is 5.71 Å². The fourth-order valence-corrected chi connectivity index (χ4v) is 2.41. The van der Waals surface area contributed by atoms with Gasteiger partial charge in [-0.3, -0.25) is 4.79 Å². The summed E-state index contributed by atoms with van der Waals surface area (Å²) in [5.41, 5.74) is 6.65. The molecule has 132 valence electrons. The minimum Gasteiger partial charge on any atom is -0.483 e. The average Bonchev–Trinajstić information content (AvgIpc) is 2.63.